The van der Waals surface area contributed by atoms with Gasteiger partial charge in [-0.25, -0.2) is 4.79 Å². The van der Waals surface area contributed by atoms with E-state index in [4.69, 9.17) is 5.73 Å². The normalized spacial score (nSPS) is 14.3. The summed E-state index contributed by atoms with van der Waals surface area (Å²) >= 11 is 0. The smallest absolute Gasteiger partial charge is 0.370 e. The highest BCUT2D eigenvalue weighted by molar-refractivity contribution is 5.99. The van der Waals surface area contributed by atoms with Gasteiger partial charge >= 0.3 is 12.2 Å². The van der Waals surface area contributed by atoms with Crippen LogP contribution >= 0.6 is 0 Å². The van der Waals surface area contributed by atoms with Crippen LogP contribution < -0.4 is 26.6 Å². The van der Waals surface area contributed by atoms with Gasteiger partial charge in [-0.3, -0.25) is 9.59 Å². The van der Waals surface area contributed by atoms with Crippen LogP contribution in [0.15, 0.2) is 18.2 Å². The summed E-state index contributed by atoms with van der Waals surface area (Å²) in [5.74, 6) is -1.64. The lowest BCUT2D eigenvalue weighted by Crippen LogP contribution is -2.42. The number of carbonyl (C=O) groups is 3. The zero-order valence-electron chi connectivity index (χ0n) is 15.1. The number of halogens is 3. The number of piperidine rings is 1. The fourth-order valence-corrected chi connectivity index (χ4v) is 2.79. The molecule has 0 radical (unpaired) electrons. The van der Waals surface area contributed by atoms with Gasteiger partial charge in [0, 0.05) is 18.7 Å². The lowest BCUT2D eigenvalue weighted by molar-refractivity contribution is -0.137. The van der Waals surface area contributed by atoms with Crippen molar-refractivity contribution in [3.63, 3.8) is 0 Å². The Kier molecular flexibility index (Phi) is 7.07. The number of benzene rings is 1. The Morgan fingerprint density at radius 3 is 2.36 bits per heavy atom. The van der Waals surface area contributed by atoms with Gasteiger partial charge in [-0.15, -0.1) is 0 Å². The molecule has 1 aliphatic rings. The van der Waals surface area contributed by atoms with Crippen molar-refractivity contribution in [3.05, 3.63) is 23.8 Å². The number of anilines is 2. The van der Waals surface area contributed by atoms with Gasteiger partial charge in [0.15, 0.2) is 0 Å². The Labute approximate surface area is 159 Å². The molecule has 0 aromatic heterocycles. The SMILES string of the molecule is NC(=O)c1ccc(N2CCCCC2)c(NC(=O)NCC(=O)NCC(F)(F)F)c1. The second-order valence-corrected chi connectivity index (χ2v) is 6.34. The van der Waals surface area contributed by atoms with E-state index in [0.29, 0.717) is 11.4 Å². The molecule has 0 aliphatic carbocycles. The number of rotatable bonds is 6. The van der Waals surface area contributed by atoms with E-state index in [-0.39, 0.29) is 5.56 Å². The number of nitrogens with zero attached hydrogens (tertiary/aromatic N) is 1. The minimum Gasteiger partial charge on any atom is -0.370 e. The van der Waals surface area contributed by atoms with Crippen LogP contribution in [0.1, 0.15) is 29.6 Å². The average Bonchev–Trinajstić information content (AvgIpc) is 2.64. The molecule has 8 nitrogen and oxygen atoms in total. The summed E-state index contributed by atoms with van der Waals surface area (Å²) in [7, 11) is 0. The van der Waals surface area contributed by atoms with Crippen LogP contribution in [0.25, 0.3) is 0 Å². The number of carbonyl (C=O) groups excluding carboxylic acids is 3. The highest BCUT2D eigenvalue weighted by Crippen LogP contribution is 2.29. The summed E-state index contributed by atoms with van der Waals surface area (Å²) in [6.45, 7) is -0.538. The molecular weight excluding hydrogens is 379 g/mol. The van der Waals surface area contributed by atoms with Gasteiger partial charge in [-0.2, -0.15) is 13.2 Å². The van der Waals surface area contributed by atoms with Crippen LogP contribution in [0.3, 0.4) is 0 Å². The summed E-state index contributed by atoms with van der Waals surface area (Å²) < 4.78 is 36.2. The van der Waals surface area contributed by atoms with E-state index in [1.807, 2.05) is 0 Å². The molecule has 4 amide bonds. The van der Waals surface area contributed by atoms with Crippen LogP contribution in [0, 0.1) is 0 Å². The van der Waals surface area contributed by atoms with Crippen molar-refractivity contribution in [2.24, 2.45) is 5.73 Å². The second-order valence-electron chi connectivity index (χ2n) is 6.34. The molecule has 11 heteroatoms. The standard InChI is InChI=1S/C17H22F3N5O3/c18-17(19,20)10-23-14(26)9-22-16(28)24-12-8-11(15(21)27)4-5-13(12)25-6-2-1-3-7-25/h4-5,8H,1-3,6-7,9-10H2,(H2,21,27)(H,23,26)(H2,22,24,28). The molecule has 5 N–H and O–H groups in total. The molecule has 0 bridgehead atoms. The van der Waals surface area contributed by atoms with Gasteiger partial charge in [0.1, 0.15) is 6.54 Å². The molecule has 2 rings (SSSR count). The summed E-state index contributed by atoms with van der Waals surface area (Å²) in [5.41, 5.74) is 6.50. The third-order valence-corrected chi connectivity index (χ3v) is 4.12. The molecule has 1 aromatic carbocycles. The topological polar surface area (TPSA) is 117 Å². The Hall–Kier alpha value is -2.98. The zero-order valence-corrected chi connectivity index (χ0v) is 15.1. The number of hydrogen-bond acceptors (Lipinski definition) is 4. The molecule has 0 unspecified atom stereocenters. The van der Waals surface area contributed by atoms with Crippen molar-refractivity contribution in [2.45, 2.75) is 25.4 Å². The fourth-order valence-electron chi connectivity index (χ4n) is 2.79. The molecule has 28 heavy (non-hydrogen) atoms. The minimum absolute atomic E-state index is 0.193. The molecule has 0 atom stereocenters. The highest BCUT2D eigenvalue weighted by atomic mass is 19.4. The van der Waals surface area contributed by atoms with Crippen LogP contribution in [-0.4, -0.2) is 50.2 Å². The summed E-state index contributed by atoms with van der Waals surface area (Å²) in [5, 5.41) is 6.36. The zero-order chi connectivity index (χ0) is 20.7. The van der Waals surface area contributed by atoms with Crippen molar-refractivity contribution in [1.29, 1.82) is 0 Å². The average molecular weight is 401 g/mol. The number of nitrogens with two attached hydrogens (primary N) is 1. The predicted octanol–water partition coefficient (Wildman–Crippen LogP) is 1.58. The van der Waals surface area contributed by atoms with Crippen molar-refractivity contribution < 1.29 is 27.6 Å². The highest BCUT2D eigenvalue weighted by Gasteiger charge is 2.27. The first-order valence-corrected chi connectivity index (χ1v) is 8.73. The first-order chi connectivity index (χ1) is 13.2. The number of amides is 4. The molecule has 0 saturated carbocycles. The van der Waals surface area contributed by atoms with Crippen molar-refractivity contribution >= 4 is 29.2 Å². The quantitative estimate of drug-likeness (QED) is 0.579. The first-order valence-electron chi connectivity index (χ1n) is 8.73. The lowest BCUT2D eigenvalue weighted by atomic mass is 10.1. The van der Waals surface area contributed by atoms with E-state index < -0.39 is 37.1 Å². The molecule has 1 heterocycles. The van der Waals surface area contributed by atoms with Crippen molar-refractivity contribution in [3.8, 4) is 0 Å². The van der Waals surface area contributed by atoms with Crippen LogP contribution in [0.2, 0.25) is 0 Å². The summed E-state index contributed by atoms with van der Waals surface area (Å²) in [6.07, 6.45) is -1.45. The molecule has 1 aromatic rings. The van der Waals surface area contributed by atoms with E-state index in [0.717, 1.165) is 32.4 Å². The van der Waals surface area contributed by atoms with Crippen LogP contribution in [0.5, 0.6) is 0 Å². The molecule has 0 spiro atoms. The largest absolute Gasteiger partial charge is 0.405 e. The lowest BCUT2D eigenvalue weighted by Gasteiger charge is -2.30. The Morgan fingerprint density at radius 1 is 1.07 bits per heavy atom. The third kappa shape index (κ3) is 6.63. The van der Waals surface area contributed by atoms with Gasteiger partial charge in [0.25, 0.3) is 0 Å². The fraction of sp³-hybridized carbons (Fsp3) is 0.471. The third-order valence-electron chi connectivity index (χ3n) is 4.12. The molecule has 1 aliphatic heterocycles. The van der Waals surface area contributed by atoms with E-state index in [1.54, 1.807) is 17.4 Å². The predicted molar refractivity (Wildman–Crippen MR) is 97.1 cm³/mol. The van der Waals surface area contributed by atoms with E-state index in [1.165, 1.54) is 6.07 Å². The Morgan fingerprint density at radius 2 is 1.75 bits per heavy atom. The number of primary amides is 1. The summed E-state index contributed by atoms with van der Waals surface area (Å²) in [4.78, 5) is 36.9. The molecule has 1 fully saturated rings. The van der Waals surface area contributed by atoms with E-state index >= 15 is 0 Å². The number of alkyl halides is 3. The van der Waals surface area contributed by atoms with Gasteiger partial charge in [0.2, 0.25) is 11.8 Å². The number of hydrogen-bond donors (Lipinski definition) is 4. The minimum atomic E-state index is -4.53. The number of nitrogens with one attached hydrogen (secondary N) is 3. The van der Waals surface area contributed by atoms with Crippen molar-refractivity contribution in [2.75, 3.05) is 36.4 Å². The van der Waals surface area contributed by atoms with Gasteiger partial charge in [-0.1, -0.05) is 0 Å². The monoisotopic (exact) mass is 401 g/mol. The Balaban J connectivity index is 2.02. The van der Waals surface area contributed by atoms with Gasteiger partial charge in [0.05, 0.1) is 17.9 Å². The first kappa shape index (κ1) is 21.3. The van der Waals surface area contributed by atoms with Gasteiger partial charge in [-0.05, 0) is 37.5 Å². The van der Waals surface area contributed by atoms with Crippen LogP contribution in [-0.2, 0) is 4.79 Å². The van der Waals surface area contributed by atoms with Gasteiger partial charge < -0.3 is 26.6 Å². The molecule has 154 valence electrons. The Bertz CT molecular complexity index is 733. The summed E-state index contributed by atoms with van der Waals surface area (Å²) in [6, 6.07) is 3.87. The maximum absolute atomic E-state index is 12.1. The second kappa shape index (κ2) is 9.29. The maximum Gasteiger partial charge on any atom is 0.405 e. The molecule has 1 saturated heterocycles. The van der Waals surface area contributed by atoms with E-state index in [9.17, 15) is 27.6 Å². The van der Waals surface area contributed by atoms with Crippen LogP contribution in [0.4, 0.5) is 29.3 Å². The van der Waals surface area contributed by atoms with E-state index in [2.05, 4.69) is 15.5 Å². The maximum atomic E-state index is 12.1. The van der Waals surface area contributed by atoms with Crippen molar-refractivity contribution in [1.82, 2.24) is 10.6 Å². The number of urea groups is 1. The molecular formula is C17H22F3N5O3.